The van der Waals surface area contributed by atoms with Crippen molar-refractivity contribution in [3.63, 3.8) is 0 Å². The van der Waals surface area contributed by atoms with Crippen LogP contribution in [0.4, 0.5) is 4.39 Å². The Morgan fingerprint density at radius 2 is 2.00 bits per heavy atom. The molecule has 0 spiro atoms. The van der Waals surface area contributed by atoms with Crippen LogP contribution < -0.4 is 5.73 Å². The van der Waals surface area contributed by atoms with Gasteiger partial charge in [-0.05, 0) is 46.5 Å². The molecule has 0 saturated heterocycles. The van der Waals surface area contributed by atoms with E-state index < -0.39 is 0 Å². The highest BCUT2D eigenvalue weighted by atomic mass is 79.9. The van der Waals surface area contributed by atoms with Gasteiger partial charge in [-0.1, -0.05) is 6.07 Å². The van der Waals surface area contributed by atoms with Gasteiger partial charge in [0.25, 0.3) is 0 Å². The van der Waals surface area contributed by atoms with Crippen molar-refractivity contribution < 1.29 is 4.39 Å². The van der Waals surface area contributed by atoms with E-state index in [-0.39, 0.29) is 23.8 Å². The van der Waals surface area contributed by atoms with Gasteiger partial charge in [-0.2, -0.15) is 0 Å². The number of hydrogen-bond acceptors (Lipinski definition) is 1. The first-order valence-electron chi connectivity index (χ1n) is 3.86. The van der Waals surface area contributed by atoms with E-state index in [9.17, 15) is 4.39 Å². The topological polar surface area (TPSA) is 26.0 Å². The smallest absolute Gasteiger partial charge is 0.137 e. The van der Waals surface area contributed by atoms with Gasteiger partial charge < -0.3 is 5.73 Å². The molecule has 1 fully saturated rings. The minimum atomic E-state index is -0.233. The highest BCUT2D eigenvalue weighted by molar-refractivity contribution is 9.10. The number of halogens is 3. The largest absolute Gasteiger partial charge is 0.321 e. The van der Waals surface area contributed by atoms with Crippen molar-refractivity contribution in [2.45, 2.75) is 18.4 Å². The monoisotopic (exact) mass is 265 g/mol. The second-order valence-electron chi connectivity index (χ2n) is 3.29. The zero-order valence-corrected chi connectivity index (χ0v) is 9.29. The Labute approximate surface area is 91.0 Å². The molecular weight excluding hydrogens is 256 g/mol. The van der Waals surface area contributed by atoms with Crippen LogP contribution in [0.15, 0.2) is 22.7 Å². The molecule has 0 atom stereocenters. The van der Waals surface area contributed by atoms with Gasteiger partial charge in [-0.15, -0.1) is 12.4 Å². The summed E-state index contributed by atoms with van der Waals surface area (Å²) in [6.45, 7) is 0. The lowest BCUT2D eigenvalue weighted by Crippen LogP contribution is -2.18. The second-order valence-corrected chi connectivity index (χ2v) is 4.14. The molecule has 0 bridgehead atoms. The van der Waals surface area contributed by atoms with E-state index in [4.69, 9.17) is 5.73 Å². The first-order chi connectivity index (χ1) is 5.62. The summed E-state index contributed by atoms with van der Waals surface area (Å²) in [5.41, 5.74) is 6.80. The van der Waals surface area contributed by atoms with Gasteiger partial charge in [0.15, 0.2) is 0 Å². The zero-order chi connectivity index (χ0) is 8.77. The molecule has 0 heterocycles. The van der Waals surface area contributed by atoms with E-state index in [1.165, 1.54) is 6.07 Å². The number of hydrogen-bond donors (Lipinski definition) is 1. The Balaban J connectivity index is 0.000000845. The first kappa shape index (κ1) is 11.0. The third-order valence-corrected chi connectivity index (χ3v) is 2.89. The standard InChI is InChI=1S/C9H9BrFN.ClH/c10-7-5-6(1-2-8(7)11)9(12)3-4-9;/h1-2,5H,3-4,12H2;1H. The van der Waals surface area contributed by atoms with Crippen molar-refractivity contribution in [1.29, 1.82) is 0 Å². The second kappa shape index (κ2) is 3.56. The van der Waals surface area contributed by atoms with Gasteiger partial charge in [0.05, 0.1) is 4.47 Å². The summed E-state index contributed by atoms with van der Waals surface area (Å²) in [5.74, 6) is -0.233. The Morgan fingerprint density at radius 1 is 1.38 bits per heavy atom. The highest BCUT2D eigenvalue weighted by Crippen LogP contribution is 2.43. The lowest BCUT2D eigenvalue weighted by atomic mass is 10.1. The molecule has 1 aromatic carbocycles. The minimum absolute atomic E-state index is 0. The molecule has 72 valence electrons. The van der Waals surface area contributed by atoms with Crippen LogP contribution in [0.3, 0.4) is 0 Å². The van der Waals surface area contributed by atoms with Crippen LogP contribution in [0.25, 0.3) is 0 Å². The maximum atomic E-state index is 12.8. The Kier molecular flexibility index (Phi) is 3.00. The van der Waals surface area contributed by atoms with Crippen molar-refractivity contribution >= 4 is 28.3 Å². The fourth-order valence-electron chi connectivity index (χ4n) is 1.23. The average molecular weight is 267 g/mol. The van der Waals surface area contributed by atoms with Crippen LogP contribution in [0.1, 0.15) is 18.4 Å². The average Bonchev–Trinajstić information content (AvgIpc) is 2.75. The van der Waals surface area contributed by atoms with Gasteiger partial charge in [0.2, 0.25) is 0 Å². The molecule has 0 aliphatic heterocycles. The molecule has 4 heteroatoms. The summed E-state index contributed by atoms with van der Waals surface area (Å²) in [5, 5.41) is 0. The predicted molar refractivity (Wildman–Crippen MR) is 56.4 cm³/mol. The van der Waals surface area contributed by atoms with Gasteiger partial charge >= 0.3 is 0 Å². The molecule has 2 rings (SSSR count). The third kappa shape index (κ3) is 2.03. The zero-order valence-electron chi connectivity index (χ0n) is 6.89. The fourth-order valence-corrected chi connectivity index (χ4v) is 1.61. The Morgan fingerprint density at radius 3 is 2.46 bits per heavy atom. The van der Waals surface area contributed by atoms with Crippen LogP contribution in [-0.2, 0) is 5.54 Å². The van der Waals surface area contributed by atoms with Crippen molar-refractivity contribution in [2.24, 2.45) is 5.73 Å². The van der Waals surface area contributed by atoms with Crippen molar-refractivity contribution in [2.75, 3.05) is 0 Å². The molecule has 1 aliphatic carbocycles. The normalized spacial score (nSPS) is 17.8. The van der Waals surface area contributed by atoms with Gasteiger partial charge in [-0.3, -0.25) is 0 Å². The van der Waals surface area contributed by atoms with Gasteiger partial charge in [0.1, 0.15) is 5.82 Å². The number of rotatable bonds is 1. The summed E-state index contributed by atoms with van der Waals surface area (Å²) in [6, 6.07) is 4.97. The van der Waals surface area contributed by atoms with E-state index >= 15 is 0 Å². The molecular formula is C9H10BrClFN. The highest BCUT2D eigenvalue weighted by Gasteiger charge is 2.40. The summed E-state index contributed by atoms with van der Waals surface area (Å²) in [6.07, 6.45) is 2.01. The van der Waals surface area contributed by atoms with E-state index in [1.54, 1.807) is 12.1 Å². The predicted octanol–water partition coefficient (Wildman–Crippen LogP) is 2.96. The van der Waals surface area contributed by atoms with E-state index in [0.29, 0.717) is 4.47 Å². The summed E-state index contributed by atoms with van der Waals surface area (Å²) >= 11 is 3.14. The van der Waals surface area contributed by atoms with E-state index in [1.807, 2.05) is 0 Å². The van der Waals surface area contributed by atoms with Crippen molar-refractivity contribution in [3.05, 3.63) is 34.1 Å². The van der Waals surface area contributed by atoms with Crippen LogP contribution >= 0.6 is 28.3 Å². The Hall–Kier alpha value is -0.120. The van der Waals surface area contributed by atoms with E-state index in [0.717, 1.165) is 18.4 Å². The fraction of sp³-hybridized carbons (Fsp3) is 0.333. The third-order valence-electron chi connectivity index (χ3n) is 2.28. The molecule has 0 amide bonds. The van der Waals surface area contributed by atoms with E-state index in [2.05, 4.69) is 15.9 Å². The van der Waals surface area contributed by atoms with Crippen LogP contribution in [0, 0.1) is 5.82 Å². The summed E-state index contributed by atoms with van der Waals surface area (Å²) < 4.78 is 13.3. The minimum Gasteiger partial charge on any atom is -0.321 e. The quantitative estimate of drug-likeness (QED) is 0.831. The molecule has 2 N–H and O–H groups in total. The lowest BCUT2D eigenvalue weighted by Gasteiger charge is -2.08. The van der Waals surface area contributed by atoms with Crippen molar-refractivity contribution in [3.8, 4) is 0 Å². The molecule has 0 radical (unpaired) electrons. The Bertz CT molecular complexity index is 325. The maximum absolute atomic E-state index is 12.8. The van der Waals surface area contributed by atoms with Gasteiger partial charge in [0, 0.05) is 5.54 Å². The molecule has 0 aromatic heterocycles. The van der Waals surface area contributed by atoms with Crippen molar-refractivity contribution in [1.82, 2.24) is 0 Å². The molecule has 1 aromatic rings. The van der Waals surface area contributed by atoms with Crippen LogP contribution in [0.5, 0.6) is 0 Å². The lowest BCUT2D eigenvalue weighted by molar-refractivity contribution is 0.617. The number of benzene rings is 1. The SMILES string of the molecule is Cl.NC1(c2ccc(F)c(Br)c2)CC1. The molecule has 13 heavy (non-hydrogen) atoms. The molecule has 1 nitrogen and oxygen atoms in total. The van der Waals surface area contributed by atoms with Crippen LogP contribution in [0.2, 0.25) is 0 Å². The summed E-state index contributed by atoms with van der Waals surface area (Å²) in [7, 11) is 0. The molecule has 0 unspecified atom stereocenters. The number of nitrogens with two attached hydrogens (primary N) is 1. The molecule has 1 aliphatic rings. The van der Waals surface area contributed by atoms with Gasteiger partial charge in [-0.25, -0.2) is 4.39 Å². The van der Waals surface area contributed by atoms with Crippen LogP contribution in [-0.4, -0.2) is 0 Å². The first-order valence-corrected chi connectivity index (χ1v) is 4.65. The maximum Gasteiger partial charge on any atom is 0.137 e. The molecule has 1 saturated carbocycles. The summed E-state index contributed by atoms with van der Waals surface area (Å²) in [4.78, 5) is 0.